The van der Waals surface area contributed by atoms with Gasteiger partial charge in [-0.3, -0.25) is 4.79 Å². The highest BCUT2D eigenvalue weighted by molar-refractivity contribution is 6.77. The number of hydrogen-bond donors (Lipinski definition) is 2. The number of allylic oxidation sites excluding steroid dienone is 1. The van der Waals surface area contributed by atoms with Gasteiger partial charge in [0.1, 0.15) is 0 Å². The van der Waals surface area contributed by atoms with E-state index in [4.69, 9.17) is 4.43 Å². The zero-order valence-electron chi connectivity index (χ0n) is 25.1. The van der Waals surface area contributed by atoms with Crippen molar-refractivity contribution in [2.75, 3.05) is 6.61 Å². The van der Waals surface area contributed by atoms with E-state index < -0.39 is 20.5 Å². The molecule has 5 heteroatoms. The van der Waals surface area contributed by atoms with Gasteiger partial charge in [-0.15, -0.1) is 0 Å². The standard InChI is InChI=1S/C33H51NO3Si/c1-23(2)38(24(3)4,25(5)6)37-22-26(7)16-15-21-31(30-20-14-13-17-27(30)8)33(36)34-28(9)32(35)29-18-11-10-12-19-29/h10-14,16-20,23-25,28,31-32,35H,15,21-22H2,1-9H3,(H,34,36)/b26-16-/t28-,31-,32+/m1/s1. The van der Waals surface area contributed by atoms with Crippen LogP contribution < -0.4 is 5.32 Å². The van der Waals surface area contributed by atoms with Crippen molar-refractivity contribution in [2.45, 2.75) is 110 Å². The Labute approximate surface area is 233 Å². The lowest BCUT2D eigenvalue weighted by molar-refractivity contribution is -0.124. The third-order valence-electron chi connectivity index (χ3n) is 8.07. The van der Waals surface area contributed by atoms with Crippen molar-refractivity contribution >= 4 is 14.2 Å². The molecule has 0 aliphatic rings. The zero-order valence-corrected chi connectivity index (χ0v) is 26.1. The molecule has 0 fully saturated rings. The van der Waals surface area contributed by atoms with E-state index in [0.29, 0.717) is 29.7 Å². The number of carbonyl (C=O) groups excluding carboxylic acids is 1. The van der Waals surface area contributed by atoms with Crippen molar-refractivity contribution in [1.29, 1.82) is 0 Å². The van der Waals surface area contributed by atoms with Crippen molar-refractivity contribution in [3.63, 3.8) is 0 Å². The second-order valence-electron chi connectivity index (χ2n) is 11.8. The number of hydrogen-bond acceptors (Lipinski definition) is 3. The number of carbonyl (C=O) groups is 1. The summed E-state index contributed by atoms with van der Waals surface area (Å²) >= 11 is 0. The lowest BCUT2D eigenvalue weighted by atomic mass is 9.89. The maximum absolute atomic E-state index is 13.5. The van der Waals surface area contributed by atoms with Gasteiger partial charge in [0.05, 0.1) is 24.7 Å². The van der Waals surface area contributed by atoms with Crippen LogP contribution >= 0.6 is 0 Å². The molecule has 1 amide bonds. The van der Waals surface area contributed by atoms with Crippen LogP contribution in [0.1, 0.15) is 96.9 Å². The van der Waals surface area contributed by atoms with Gasteiger partial charge >= 0.3 is 0 Å². The number of rotatable bonds is 14. The minimum atomic E-state index is -1.92. The van der Waals surface area contributed by atoms with Crippen molar-refractivity contribution in [1.82, 2.24) is 5.32 Å². The molecule has 38 heavy (non-hydrogen) atoms. The summed E-state index contributed by atoms with van der Waals surface area (Å²) in [5.41, 5.74) is 5.83. The number of benzene rings is 2. The molecule has 0 aliphatic heterocycles. The van der Waals surface area contributed by atoms with Crippen molar-refractivity contribution in [3.05, 3.63) is 82.9 Å². The highest BCUT2D eigenvalue weighted by Gasteiger charge is 2.44. The average molecular weight is 538 g/mol. The van der Waals surface area contributed by atoms with E-state index >= 15 is 0 Å². The SMILES string of the molecule is C/C(=C/CC[C@@H](C(=O)N[C@H](C)[C@H](O)c1ccccc1)c1ccccc1C)CO[Si](C(C)C)(C(C)C)C(C)C. The minimum absolute atomic E-state index is 0.0464. The van der Waals surface area contributed by atoms with Gasteiger partial charge in [0.25, 0.3) is 0 Å². The Balaban J connectivity index is 2.13. The van der Waals surface area contributed by atoms with Crippen LogP contribution in [0.3, 0.4) is 0 Å². The summed E-state index contributed by atoms with van der Waals surface area (Å²) in [5, 5.41) is 13.9. The highest BCUT2D eigenvalue weighted by atomic mass is 28.4. The third-order valence-corrected chi connectivity index (χ3v) is 14.1. The Morgan fingerprint density at radius 3 is 2.03 bits per heavy atom. The normalized spacial score (nSPS) is 15.1. The van der Waals surface area contributed by atoms with Gasteiger partial charge in [-0.25, -0.2) is 0 Å². The van der Waals surface area contributed by atoms with Gasteiger partial charge in [0.15, 0.2) is 0 Å². The van der Waals surface area contributed by atoms with E-state index in [1.165, 1.54) is 5.57 Å². The van der Waals surface area contributed by atoms with Crippen LogP contribution in [0, 0.1) is 6.92 Å². The van der Waals surface area contributed by atoms with Gasteiger partial charge in [-0.1, -0.05) is 108 Å². The smallest absolute Gasteiger partial charge is 0.227 e. The zero-order chi connectivity index (χ0) is 28.5. The first-order valence-electron chi connectivity index (χ1n) is 14.3. The molecule has 0 bridgehead atoms. The maximum atomic E-state index is 13.5. The Morgan fingerprint density at radius 1 is 0.921 bits per heavy atom. The molecular weight excluding hydrogens is 486 g/mol. The Kier molecular flexibility index (Phi) is 12.5. The molecule has 0 saturated heterocycles. The summed E-state index contributed by atoms with van der Waals surface area (Å²) in [4.78, 5) is 13.5. The number of aryl methyl sites for hydroxylation is 1. The van der Waals surface area contributed by atoms with Gasteiger partial charge in [0.2, 0.25) is 14.2 Å². The molecule has 0 unspecified atom stereocenters. The predicted molar refractivity (Wildman–Crippen MR) is 163 cm³/mol. The molecule has 4 nitrogen and oxygen atoms in total. The van der Waals surface area contributed by atoms with Gasteiger partial charge < -0.3 is 14.8 Å². The number of nitrogens with one attached hydrogen (secondary N) is 1. The molecule has 0 aliphatic carbocycles. The molecule has 0 radical (unpaired) electrons. The molecule has 2 aromatic carbocycles. The fourth-order valence-electron chi connectivity index (χ4n) is 6.04. The monoisotopic (exact) mass is 537 g/mol. The Bertz CT molecular complexity index is 1010. The molecule has 0 aromatic heterocycles. The van der Waals surface area contributed by atoms with Crippen molar-refractivity contribution in [2.24, 2.45) is 0 Å². The Hall–Kier alpha value is -2.21. The molecule has 2 rings (SSSR count). The average Bonchev–Trinajstić information content (AvgIpc) is 2.87. The van der Waals surface area contributed by atoms with Crippen LogP contribution in [0.5, 0.6) is 0 Å². The molecule has 0 spiro atoms. The number of aliphatic hydroxyl groups excluding tert-OH is 1. The summed E-state index contributed by atoms with van der Waals surface area (Å²) in [5.74, 6) is -0.336. The van der Waals surface area contributed by atoms with E-state index in [0.717, 1.165) is 23.1 Å². The van der Waals surface area contributed by atoms with Crippen LogP contribution in [-0.4, -0.2) is 32.0 Å². The quantitative estimate of drug-likeness (QED) is 0.188. The number of aliphatic hydroxyl groups is 1. The summed E-state index contributed by atoms with van der Waals surface area (Å²) in [6.45, 7) is 20.6. The van der Waals surface area contributed by atoms with E-state index in [1.54, 1.807) is 0 Å². The molecule has 2 N–H and O–H groups in total. The molecule has 3 atom stereocenters. The van der Waals surface area contributed by atoms with Crippen LogP contribution in [0.25, 0.3) is 0 Å². The van der Waals surface area contributed by atoms with Crippen LogP contribution in [0.15, 0.2) is 66.2 Å². The van der Waals surface area contributed by atoms with Gasteiger partial charge in [-0.05, 0) is 66.9 Å². The second-order valence-corrected chi connectivity index (χ2v) is 17.3. The first-order chi connectivity index (χ1) is 17.9. The van der Waals surface area contributed by atoms with Crippen molar-refractivity contribution < 1.29 is 14.3 Å². The molecule has 210 valence electrons. The summed E-state index contributed by atoms with van der Waals surface area (Å²) < 4.78 is 6.77. The second kappa shape index (κ2) is 14.8. The maximum Gasteiger partial charge on any atom is 0.227 e. The lowest BCUT2D eigenvalue weighted by Crippen LogP contribution is -2.48. The van der Waals surface area contributed by atoms with Crippen LogP contribution in [0.4, 0.5) is 0 Å². The van der Waals surface area contributed by atoms with Crippen molar-refractivity contribution in [3.8, 4) is 0 Å². The fourth-order valence-corrected chi connectivity index (χ4v) is 11.5. The summed E-state index contributed by atoms with van der Waals surface area (Å²) in [6, 6.07) is 17.2. The summed E-state index contributed by atoms with van der Waals surface area (Å²) in [6.07, 6.45) is 2.96. The first-order valence-corrected chi connectivity index (χ1v) is 16.4. The van der Waals surface area contributed by atoms with E-state index in [1.807, 2.05) is 55.5 Å². The van der Waals surface area contributed by atoms with Gasteiger partial charge in [-0.2, -0.15) is 0 Å². The van der Waals surface area contributed by atoms with E-state index in [2.05, 4.69) is 72.8 Å². The lowest BCUT2D eigenvalue weighted by Gasteiger charge is -2.42. The summed E-state index contributed by atoms with van der Waals surface area (Å²) in [7, 11) is -1.92. The topological polar surface area (TPSA) is 58.6 Å². The first kappa shape index (κ1) is 32.0. The Morgan fingerprint density at radius 2 is 1.47 bits per heavy atom. The third kappa shape index (κ3) is 8.14. The van der Waals surface area contributed by atoms with Crippen LogP contribution in [0.2, 0.25) is 16.6 Å². The number of amides is 1. The molecule has 0 saturated carbocycles. The largest absolute Gasteiger partial charge is 0.412 e. The molecule has 2 aromatic rings. The van der Waals surface area contributed by atoms with E-state index in [-0.39, 0.29) is 11.8 Å². The predicted octanol–water partition coefficient (Wildman–Crippen LogP) is 8.24. The minimum Gasteiger partial charge on any atom is -0.412 e. The van der Waals surface area contributed by atoms with Gasteiger partial charge in [0, 0.05) is 0 Å². The van der Waals surface area contributed by atoms with Crippen LogP contribution in [-0.2, 0) is 9.22 Å². The molecular formula is C33H51NO3Si. The molecule has 0 heterocycles. The fraction of sp³-hybridized carbons (Fsp3) is 0.545. The van der Waals surface area contributed by atoms with E-state index in [9.17, 15) is 9.90 Å². The highest BCUT2D eigenvalue weighted by Crippen LogP contribution is 2.42.